The predicted octanol–water partition coefficient (Wildman–Crippen LogP) is 2.40. The van der Waals surface area contributed by atoms with Gasteiger partial charge in [0.25, 0.3) is 5.56 Å². The van der Waals surface area contributed by atoms with Crippen molar-refractivity contribution in [2.75, 3.05) is 51.1 Å². The number of nitrogens with zero attached hydrogens (tertiary/aromatic N) is 3. The number of phosphoric ester groups is 1. The van der Waals surface area contributed by atoms with Crippen molar-refractivity contribution in [2.45, 2.75) is 37.4 Å². The van der Waals surface area contributed by atoms with Crippen molar-refractivity contribution >= 4 is 46.7 Å². The van der Waals surface area contributed by atoms with E-state index in [0.717, 1.165) is 38.8 Å². The summed E-state index contributed by atoms with van der Waals surface area (Å²) in [5.74, 6) is 5.68. The highest BCUT2D eigenvalue weighted by Crippen LogP contribution is 2.66. The first-order valence-electron chi connectivity index (χ1n) is 18.7. The Morgan fingerprint density at radius 2 is 1.52 bits per heavy atom. The molecule has 4 aromatic rings. The second-order valence-electron chi connectivity index (χ2n) is 14.6. The molecule has 2 unspecified atom stereocenters. The third-order valence-corrected chi connectivity index (χ3v) is 13.5. The number of hydrogen-bond acceptors (Lipinski definition) is 16. The van der Waals surface area contributed by atoms with Crippen LogP contribution in [0.2, 0.25) is 0 Å². The number of carbonyl (C=O) groups excluding carboxylic acids is 2. The van der Waals surface area contributed by atoms with E-state index in [9.17, 15) is 42.9 Å². The maximum absolute atomic E-state index is 12.8. The van der Waals surface area contributed by atoms with Gasteiger partial charge >= 0.3 is 35.1 Å². The highest BCUT2D eigenvalue weighted by Gasteiger charge is 2.53. The average Bonchev–Trinajstić information content (AvgIpc) is 3.71. The molecular weight excluding hydrogens is 907 g/mol. The Hall–Kier alpha value is -5.43. The molecule has 7 rings (SSSR count). The number of phosphoric acid groups is 3. The van der Waals surface area contributed by atoms with Crippen molar-refractivity contribution in [3.8, 4) is 23.3 Å². The third-order valence-electron chi connectivity index (χ3n) is 9.66. The Labute approximate surface area is 363 Å². The highest BCUT2D eigenvalue weighted by molar-refractivity contribution is 7.66. The number of hydrogen-bond donors (Lipinski definition) is 7. The normalized spacial score (nSPS) is 19.7. The molecule has 1 aromatic heterocycles. The van der Waals surface area contributed by atoms with E-state index in [4.69, 9.17) is 28.9 Å². The lowest BCUT2D eigenvalue weighted by Crippen LogP contribution is -2.33. The number of H-pyrrole nitrogens is 1. The molecule has 3 aliphatic rings. The molecule has 1 saturated heterocycles. The molecule has 1 spiro atoms. The molecule has 64 heavy (non-hydrogen) atoms. The van der Waals surface area contributed by atoms with E-state index >= 15 is 0 Å². The molecule has 26 heteroatoms. The summed E-state index contributed by atoms with van der Waals surface area (Å²) in [7, 11) is -8.79. The van der Waals surface area contributed by atoms with Gasteiger partial charge in [-0.25, -0.2) is 23.3 Å². The van der Waals surface area contributed by atoms with Crippen LogP contribution < -0.4 is 31.1 Å². The fourth-order valence-electron chi connectivity index (χ4n) is 6.81. The number of amides is 1. The SMILES string of the molecule is CC(=O)NCC#Cc1cn([C@H]2C[C@H](O)[C@@H](COP(=O)(O)OP(=O)(O)OP(=O)(O)O)O2)c(=O)[nH]c1=O.CN(C)c1ccc2c(c1)Oc1cc(N(C)C)ccc1C21OC(=O)c2ccccc21. The summed E-state index contributed by atoms with van der Waals surface area (Å²) >= 11 is 0. The summed E-state index contributed by atoms with van der Waals surface area (Å²) < 4.78 is 64.1. The lowest BCUT2D eigenvalue weighted by molar-refractivity contribution is -0.118. The molecular formula is C38H42N5O18P3. The van der Waals surface area contributed by atoms with Crippen molar-refractivity contribution in [3.63, 3.8) is 0 Å². The number of nitrogens with one attached hydrogen (secondary N) is 2. The lowest BCUT2D eigenvalue weighted by Gasteiger charge is -2.37. The van der Waals surface area contributed by atoms with Gasteiger partial charge in [-0.2, -0.15) is 8.62 Å². The van der Waals surface area contributed by atoms with E-state index in [1.165, 1.54) is 6.92 Å². The van der Waals surface area contributed by atoms with Gasteiger partial charge in [0.15, 0.2) is 5.60 Å². The molecule has 3 aromatic carbocycles. The van der Waals surface area contributed by atoms with Crippen LogP contribution >= 0.6 is 23.5 Å². The average molecular weight is 950 g/mol. The van der Waals surface area contributed by atoms with Crippen molar-refractivity contribution in [1.82, 2.24) is 14.9 Å². The van der Waals surface area contributed by atoms with E-state index in [1.54, 1.807) is 0 Å². The first kappa shape index (κ1) is 48.0. The molecule has 0 radical (unpaired) electrons. The number of fused-ring (bicyclic) bond motifs is 6. The molecule has 5 atom stereocenters. The van der Waals surface area contributed by atoms with Crippen molar-refractivity contribution in [3.05, 3.63) is 116 Å². The summed E-state index contributed by atoms with van der Waals surface area (Å²) in [6, 6.07) is 19.7. The summed E-state index contributed by atoms with van der Waals surface area (Å²) in [4.78, 5) is 89.5. The molecule has 4 heterocycles. The minimum atomic E-state index is -5.73. The summed E-state index contributed by atoms with van der Waals surface area (Å²) in [6.45, 7) is 0.246. The molecule has 0 bridgehead atoms. The Bertz CT molecular complexity index is 2750. The van der Waals surface area contributed by atoms with E-state index in [-0.39, 0.29) is 30.4 Å². The van der Waals surface area contributed by atoms with Crippen LogP contribution in [0.25, 0.3) is 0 Å². The number of aromatic amines is 1. The minimum absolute atomic E-state index is 0.0742. The number of carbonyl (C=O) groups is 2. The number of benzene rings is 3. The number of anilines is 2. The quantitative estimate of drug-likeness (QED) is 0.0645. The first-order valence-corrected chi connectivity index (χ1v) is 23.3. The van der Waals surface area contributed by atoms with Gasteiger partial charge in [0.05, 0.1) is 24.8 Å². The summed E-state index contributed by atoms with van der Waals surface area (Å²) in [5, 5.41) is 12.5. The zero-order valence-electron chi connectivity index (χ0n) is 34.4. The Morgan fingerprint density at radius 3 is 2.09 bits per heavy atom. The van der Waals surface area contributed by atoms with Crippen LogP contribution in [-0.2, 0) is 46.7 Å². The van der Waals surface area contributed by atoms with E-state index in [0.29, 0.717) is 17.1 Å². The van der Waals surface area contributed by atoms with Crippen LogP contribution in [0.3, 0.4) is 0 Å². The molecule has 0 saturated carbocycles. The smallest absolute Gasteiger partial charge is 0.456 e. The van der Waals surface area contributed by atoms with Crippen LogP contribution in [0.5, 0.6) is 11.5 Å². The summed E-state index contributed by atoms with van der Waals surface area (Å²) in [6.07, 6.45) is -3.24. The Kier molecular flexibility index (Phi) is 13.9. The van der Waals surface area contributed by atoms with E-state index < -0.39 is 65.4 Å². The zero-order valence-corrected chi connectivity index (χ0v) is 37.1. The van der Waals surface area contributed by atoms with Gasteiger partial charge in [-0.3, -0.25) is 23.7 Å². The zero-order chi connectivity index (χ0) is 46.9. The maximum Gasteiger partial charge on any atom is 0.490 e. The molecule has 23 nitrogen and oxygen atoms in total. The van der Waals surface area contributed by atoms with Crippen molar-refractivity contribution in [2.24, 2.45) is 0 Å². The second kappa shape index (κ2) is 18.6. The van der Waals surface area contributed by atoms with E-state index in [1.807, 2.05) is 104 Å². The van der Waals surface area contributed by atoms with Gasteiger partial charge in [-0.15, -0.1) is 0 Å². The van der Waals surface area contributed by atoms with Crippen LogP contribution in [0.15, 0.2) is 76.4 Å². The van der Waals surface area contributed by atoms with Crippen molar-refractivity contribution < 1.29 is 75.3 Å². The standard InChI is InChI=1S/C24H22N2O3.C14H20N3O15P3/c1-25(2)15-9-11-19-21(13-15)28-22-14-16(26(3)4)10-12-20(22)24(19)18-8-6-5-7-17(18)23(27)29-24;1-8(18)15-4-2-3-9-6-17(14(21)16-13(9)20)12-5-10(19)11(30-12)7-29-34(25,26)32-35(27,28)31-33(22,23)24/h5-14H,1-4H3;6,10-12,19H,4-5,7H2,1H3,(H,15,18)(H,25,26)(H,27,28)(H,16,20,21)(H2,22,23,24)/t;10-,11+,12+/m.0/s1. The van der Waals surface area contributed by atoms with Crippen LogP contribution in [0.1, 0.15) is 52.2 Å². The second-order valence-corrected chi connectivity index (χ2v) is 19.0. The van der Waals surface area contributed by atoms with Gasteiger partial charge in [-0.05, 0) is 30.3 Å². The number of aliphatic hydroxyl groups is 1. The number of ether oxygens (including phenoxy) is 3. The number of aliphatic hydroxyl groups excluding tert-OH is 1. The fraction of sp³-hybridized carbons (Fsp3) is 0.316. The molecule has 1 fully saturated rings. The van der Waals surface area contributed by atoms with Crippen LogP contribution in [0.4, 0.5) is 11.4 Å². The monoisotopic (exact) mass is 949 g/mol. The minimum Gasteiger partial charge on any atom is -0.456 e. The first-order chi connectivity index (χ1) is 29.9. The maximum atomic E-state index is 12.8. The molecule has 3 aliphatic heterocycles. The Morgan fingerprint density at radius 1 is 0.906 bits per heavy atom. The largest absolute Gasteiger partial charge is 0.490 e. The number of esters is 1. The number of aromatic nitrogens is 2. The summed E-state index contributed by atoms with van der Waals surface area (Å²) in [5.41, 5.74) is 2.21. The highest BCUT2D eigenvalue weighted by atomic mass is 31.3. The van der Waals surface area contributed by atoms with Crippen molar-refractivity contribution in [1.29, 1.82) is 0 Å². The molecule has 1 amide bonds. The predicted molar refractivity (Wildman–Crippen MR) is 225 cm³/mol. The lowest BCUT2D eigenvalue weighted by atomic mass is 9.77. The molecule has 342 valence electrons. The number of rotatable bonds is 11. The molecule has 0 aliphatic carbocycles. The van der Waals surface area contributed by atoms with Gasteiger partial charge < -0.3 is 54.0 Å². The van der Waals surface area contributed by atoms with Gasteiger partial charge in [0.2, 0.25) is 5.91 Å². The third kappa shape index (κ3) is 10.7. The molecule has 7 N–H and O–H groups in total. The Balaban J connectivity index is 0.000000215. The fourth-order valence-corrected chi connectivity index (χ4v) is 9.84. The van der Waals surface area contributed by atoms with Crippen LogP contribution in [0, 0.1) is 11.8 Å². The van der Waals surface area contributed by atoms with Gasteiger partial charge in [0, 0.05) is 87.9 Å². The van der Waals surface area contributed by atoms with Gasteiger partial charge in [0.1, 0.15) is 29.4 Å². The van der Waals surface area contributed by atoms with E-state index in [2.05, 4.69) is 30.3 Å². The topological polar surface area (TPSA) is 315 Å². The van der Waals surface area contributed by atoms with Gasteiger partial charge in [-0.1, -0.05) is 30.0 Å². The van der Waals surface area contributed by atoms with Crippen LogP contribution in [-0.4, -0.2) is 99.7 Å².